The number of benzene rings is 2. The maximum atomic E-state index is 10.9. The normalized spacial score (nSPS) is 11.8. The quantitative estimate of drug-likeness (QED) is 0.672. The molecule has 0 saturated heterocycles. The third kappa shape index (κ3) is 3.65. The molecule has 0 aliphatic rings. The van der Waals surface area contributed by atoms with E-state index in [1.165, 1.54) is 0 Å². The molecule has 0 unspecified atom stereocenters. The lowest BCUT2D eigenvalue weighted by atomic mass is 10.1. The van der Waals surface area contributed by atoms with E-state index < -0.39 is 5.97 Å². The van der Waals surface area contributed by atoms with Crippen LogP contribution in [0.15, 0.2) is 65.2 Å². The highest BCUT2D eigenvalue weighted by Crippen LogP contribution is 2.21. The first-order valence-electron chi connectivity index (χ1n) is 6.26. The predicted molar refractivity (Wildman–Crippen MR) is 81.4 cm³/mol. The molecule has 0 aliphatic carbocycles. The zero-order chi connectivity index (χ0) is 14.4. The third-order valence-electron chi connectivity index (χ3n) is 2.80. The van der Waals surface area contributed by atoms with Crippen molar-refractivity contribution in [1.29, 1.82) is 0 Å². The number of nitrogens with zero attached hydrogens (tertiary/aromatic N) is 1. The van der Waals surface area contributed by atoms with Gasteiger partial charge in [0.15, 0.2) is 0 Å². The minimum Gasteiger partial charge on any atom is -0.478 e. The first-order chi connectivity index (χ1) is 9.66. The van der Waals surface area contributed by atoms with E-state index in [4.69, 9.17) is 5.11 Å². The van der Waals surface area contributed by atoms with Crippen LogP contribution >= 0.6 is 0 Å². The van der Waals surface area contributed by atoms with Crippen molar-refractivity contribution >= 4 is 23.9 Å². The van der Waals surface area contributed by atoms with E-state index in [2.05, 4.69) is 4.99 Å². The fourth-order valence-electron chi connectivity index (χ4n) is 1.71. The molecule has 0 radical (unpaired) electrons. The molecule has 0 heterocycles. The van der Waals surface area contributed by atoms with Gasteiger partial charge >= 0.3 is 5.97 Å². The number of carbonyl (C=O) groups is 1. The lowest BCUT2D eigenvalue weighted by Gasteiger charge is -2.01. The average Bonchev–Trinajstić information content (AvgIpc) is 2.47. The first kappa shape index (κ1) is 13.7. The van der Waals surface area contributed by atoms with E-state index in [0.717, 1.165) is 16.8 Å². The molecule has 3 heteroatoms. The van der Waals surface area contributed by atoms with Gasteiger partial charge in [-0.2, -0.15) is 0 Å². The molecule has 0 aromatic heterocycles. The summed E-state index contributed by atoms with van der Waals surface area (Å²) < 4.78 is 0. The highest BCUT2D eigenvalue weighted by molar-refractivity contribution is 5.93. The summed E-state index contributed by atoms with van der Waals surface area (Å²) in [6.07, 6.45) is 3.39. The Morgan fingerprint density at radius 3 is 2.40 bits per heavy atom. The summed E-state index contributed by atoms with van der Waals surface area (Å²) in [5.74, 6) is -0.924. The fraction of sp³-hybridized carbons (Fsp3) is 0.0588. The second-order valence-electron chi connectivity index (χ2n) is 4.36. The molecule has 2 aromatic rings. The van der Waals surface area contributed by atoms with Crippen molar-refractivity contribution < 1.29 is 9.90 Å². The molecule has 0 atom stereocenters. The molecule has 3 nitrogen and oxygen atoms in total. The van der Waals surface area contributed by atoms with Gasteiger partial charge in [-0.25, -0.2) is 4.79 Å². The van der Waals surface area contributed by atoms with Crippen LogP contribution in [0.3, 0.4) is 0 Å². The summed E-state index contributed by atoms with van der Waals surface area (Å²) in [5.41, 5.74) is 2.82. The smallest absolute Gasteiger partial charge is 0.331 e. The van der Waals surface area contributed by atoms with E-state index >= 15 is 0 Å². The number of para-hydroxylation sites is 1. The van der Waals surface area contributed by atoms with Crippen molar-refractivity contribution in [2.75, 3.05) is 0 Å². The Morgan fingerprint density at radius 1 is 1.05 bits per heavy atom. The van der Waals surface area contributed by atoms with Crippen LogP contribution < -0.4 is 0 Å². The maximum Gasteiger partial charge on any atom is 0.331 e. The van der Waals surface area contributed by atoms with Gasteiger partial charge in [0.1, 0.15) is 0 Å². The SMILES string of the molecule is C/C(=C\c1ccccc1N=Cc1ccccc1)C(=O)O. The number of aliphatic imine (C=N–C) groups is 1. The molecule has 0 spiro atoms. The number of rotatable bonds is 4. The first-order valence-corrected chi connectivity index (χ1v) is 6.26. The van der Waals surface area contributed by atoms with E-state index in [9.17, 15) is 4.79 Å². The summed E-state index contributed by atoms with van der Waals surface area (Å²) >= 11 is 0. The molecule has 2 rings (SSSR count). The molecule has 0 amide bonds. The molecule has 2 aromatic carbocycles. The lowest BCUT2D eigenvalue weighted by Crippen LogP contribution is -1.95. The summed E-state index contributed by atoms with van der Waals surface area (Å²) in [6, 6.07) is 17.2. The predicted octanol–water partition coefficient (Wildman–Crippen LogP) is 3.93. The van der Waals surface area contributed by atoms with Crippen LogP contribution in [0.1, 0.15) is 18.1 Å². The zero-order valence-electron chi connectivity index (χ0n) is 11.2. The van der Waals surface area contributed by atoms with Gasteiger partial charge < -0.3 is 5.11 Å². The Hall–Kier alpha value is -2.68. The van der Waals surface area contributed by atoms with Crippen LogP contribution in [0.4, 0.5) is 5.69 Å². The number of hydrogen-bond donors (Lipinski definition) is 1. The van der Waals surface area contributed by atoms with Crippen molar-refractivity contribution in [3.05, 3.63) is 71.3 Å². The number of aliphatic carboxylic acids is 1. The molecular weight excluding hydrogens is 250 g/mol. The minimum atomic E-state index is -0.924. The van der Waals surface area contributed by atoms with Crippen LogP contribution in [0, 0.1) is 0 Å². The van der Waals surface area contributed by atoms with Crippen molar-refractivity contribution in [2.45, 2.75) is 6.92 Å². The van der Waals surface area contributed by atoms with Crippen molar-refractivity contribution in [3.63, 3.8) is 0 Å². The standard InChI is InChI=1S/C17H15NO2/c1-13(17(19)20)11-15-9-5-6-10-16(15)18-12-14-7-3-2-4-8-14/h2-12H,1H3,(H,19,20)/b13-11+,18-12?. The molecule has 20 heavy (non-hydrogen) atoms. The van der Waals surface area contributed by atoms with Crippen LogP contribution in [-0.4, -0.2) is 17.3 Å². The average molecular weight is 265 g/mol. The summed E-state index contributed by atoms with van der Waals surface area (Å²) in [5, 5.41) is 8.94. The number of carboxylic acids is 1. The van der Waals surface area contributed by atoms with Gasteiger partial charge in [0, 0.05) is 17.4 Å². The van der Waals surface area contributed by atoms with E-state index in [-0.39, 0.29) is 5.57 Å². The van der Waals surface area contributed by atoms with Crippen LogP contribution in [0.5, 0.6) is 0 Å². The van der Waals surface area contributed by atoms with E-state index in [0.29, 0.717) is 0 Å². The second-order valence-corrected chi connectivity index (χ2v) is 4.36. The topological polar surface area (TPSA) is 49.7 Å². The van der Waals surface area contributed by atoms with Gasteiger partial charge in [-0.3, -0.25) is 4.99 Å². The van der Waals surface area contributed by atoms with Gasteiger partial charge in [0.05, 0.1) is 5.69 Å². The molecular formula is C17H15NO2. The Bertz CT molecular complexity index is 658. The molecule has 100 valence electrons. The maximum absolute atomic E-state index is 10.9. The van der Waals surface area contributed by atoms with Crippen molar-refractivity contribution in [3.8, 4) is 0 Å². The van der Waals surface area contributed by atoms with Crippen LogP contribution in [0.2, 0.25) is 0 Å². The minimum absolute atomic E-state index is 0.285. The molecule has 0 aliphatic heterocycles. The third-order valence-corrected chi connectivity index (χ3v) is 2.80. The van der Waals surface area contributed by atoms with Gasteiger partial charge in [-0.1, -0.05) is 48.5 Å². The van der Waals surface area contributed by atoms with Gasteiger partial charge in [0.25, 0.3) is 0 Å². The molecule has 0 bridgehead atoms. The summed E-state index contributed by atoms with van der Waals surface area (Å²) in [7, 11) is 0. The Morgan fingerprint density at radius 2 is 1.70 bits per heavy atom. The fourth-order valence-corrected chi connectivity index (χ4v) is 1.71. The van der Waals surface area contributed by atoms with E-state index in [1.54, 1.807) is 19.2 Å². The van der Waals surface area contributed by atoms with Gasteiger partial charge in [-0.05, 0) is 24.6 Å². The highest BCUT2D eigenvalue weighted by atomic mass is 16.4. The zero-order valence-corrected chi connectivity index (χ0v) is 11.2. The van der Waals surface area contributed by atoms with Crippen LogP contribution in [0.25, 0.3) is 6.08 Å². The van der Waals surface area contributed by atoms with Crippen molar-refractivity contribution in [1.82, 2.24) is 0 Å². The summed E-state index contributed by atoms with van der Waals surface area (Å²) in [6.45, 7) is 1.57. The lowest BCUT2D eigenvalue weighted by molar-refractivity contribution is -0.132. The van der Waals surface area contributed by atoms with E-state index in [1.807, 2.05) is 54.6 Å². The Balaban J connectivity index is 2.31. The van der Waals surface area contributed by atoms with Gasteiger partial charge in [0.2, 0.25) is 0 Å². The Kier molecular flexibility index (Phi) is 4.45. The van der Waals surface area contributed by atoms with Crippen LogP contribution in [-0.2, 0) is 4.79 Å². The highest BCUT2D eigenvalue weighted by Gasteiger charge is 2.02. The van der Waals surface area contributed by atoms with Crippen molar-refractivity contribution in [2.24, 2.45) is 4.99 Å². The largest absolute Gasteiger partial charge is 0.478 e. The molecule has 0 fully saturated rings. The number of carboxylic acid groups (broad SMARTS) is 1. The van der Waals surface area contributed by atoms with Gasteiger partial charge in [-0.15, -0.1) is 0 Å². The second kappa shape index (κ2) is 6.48. The molecule has 1 N–H and O–H groups in total. The molecule has 0 saturated carbocycles. The number of hydrogen-bond acceptors (Lipinski definition) is 2. The Labute approximate surface area is 117 Å². The summed E-state index contributed by atoms with van der Waals surface area (Å²) in [4.78, 5) is 15.3. The monoisotopic (exact) mass is 265 g/mol.